The summed E-state index contributed by atoms with van der Waals surface area (Å²) in [7, 11) is 1.87. The SMILES string of the molecule is CN(c1ccccc1)c1ccnc(Nc2ccc(F)cc2F)n1. The molecule has 6 heteroatoms. The van der Waals surface area contributed by atoms with Crippen LogP contribution in [0.1, 0.15) is 0 Å². The van der Waals surface area contributed by atoms with Gasteiger partial charge < -0.3 is 10.2 Å². The minimum Gasteiger partial charge on any atom is -0.329 e. The van der Waals surface area contributed by atoms with Crippen molar-refractivity contribution in [1.29, 1.82) is 0 Å². The Morgan fingerprint density at radius 2 is 1.78 bits per heavy atom. The lowest BCUT2D eigenvalue weighted by atomic mass is 10.3. The second kappa shape index (κ2) is 6.39. The second-order valence-corrected chi connectivity index (χ2v) is 4.88. The molecule has 3 aromatic rings. The van der Waals surface area contributed by atoms with E-state index in [0.29, 0.717) is 5.82 Å². The summed E-state index contributed by atoms with van der Waals surface area (Å²) < 4.78 is 26.6. The summed E-state index contributed by atoms with van der Waals surface area (Å²) in [5, 5.41) is 2.76. The number of benzene rings is 2. The molecule has 2 aromatic carbocycles. The van der Waals surface area contributed by atoms with Crippen molar-refractivity contribution in [3.63, 3.8) is 0 Å². The zero-order chi connectivity index (χ0) is 16.2. The van der Waals surface area contributed by atoms with Crippen molar-refractivity contribution in [2.45, 2.75) is 0 Å². The molecule has 0 aliphatic heterocycles. The van der Waals surface area contributed by atoms with Crippen LogP contribution in [0.3, 0.4) is 0 Å². The van der Waals surface area contributed by atoms with E-state index in [-0.39, 0.29) is 11.6 Å². The molecule has 4 nitrogen and oxygen atoms in total. The minimum atomic E-state index is -0.699. The normalized spacial score (nSPS) is 10.4. The Morgan fingerprint density at radius 3 is 2.52 bits per heavy atom. The maximum Gasteiger partial charge on any atom is 0.229 e. The quantitative estimate of drug-likeness (QED) is 0.781. The molecule has 0 aliphatic rings. The highest BCUT2D eigenvalue weighted by Gasteiger charge is 2.09. The first kappa shape index (κ1) is 14.9. The van der Waals surface area contributed by atoms with Gasteiger partial charge in [-0.2, -0.15) is 4.98 Å². The molecule has 0 unspecified atom stereocenters. The van der Waals surface area contributed by atoms with Crippen LogP contribution in [0.25, 0.3) is 0 Å². The van der Waals surface area contributed by atoms with E-state index in [2.05, 4.69) is 15.3 Å². The Morgan fingerprint density at radius 1 is 1.00 bits per heavy atom. The molecule has 1 aromatic heterocycles. The van der Waals surface area contributed by atoms with Gasteiger partial charge in [0.15, 0.2) is 0 Å². The van der Waals surface area contributed by atoms with Gasteiger partial charge >= 0.3 is 0 Å². The van der Waals surface area contributed by atoms with Gasteiger partial charge in [-0.25, -0.2) is 13.8 Å². The fraction of sp³-hybridized carbons (Fsp3) is 0.0588. The van der Waals surface area contributed by atoms with Crippen molar-refractivity contribution in [2.24, 2.45) is 0 Å². The topological polar surface area (TPSA) is 41.1 Å². The highest BCUT2D eigenvalue weighted by atomic mass is 19.1. The largest absolute Gasteiger partial charge is 0.329 e. The second-order valence-electron chi connectivity index (χ2n) is 4.88. The van der Waals surface area contributed by atoms with Gasteiger partial charge in [0.1, 0.15) is 17.5 Å². The van der Waals surface area contributed by atoms with Crippen LogP contribution >= 0.6 is 0 Å². The van der Waals surface area contributed by atoms with Crippen LogP contribution in [-0.2, 0) is 0 Å². The lowest BCUT2D eigenvalue weighted by molar-refractivity contribution is 0.586. The maximum absolute atomic E-state index is 13.7. The number of anilines is 4. The van der Waals surface area contributed by atoms with Gasteiger partial charge in [0, 0.05) is 25.0 Å². The minimum absolute atomic E-state index is 0.117. The first-order valence-electron chi connectivity index (χ1n) is 6.97. The average Bonchev–Trinajstić information content (AvgIpc) is 2.58. The van der Waals surface area contributed by atoms with Crippen LogP contribution in [0.15, 0.2) is 60.8 Å². The van der Waals surface area contributed by atoms with E-state index in [1.54, 1.807) is 12.3 Å². The highest BCUT2D eigenvalue weighted by Crippen LogP contribution is 2.23. The lowest BCUT2D eigenvalue weighted by Gasteiger charge is -2.18. The predicted molar refractivity (Wildman–Crippen MR) is 86.2 cm³/mol. The smallest absolute Gasteiger partial charge is 0.229 e. The molecule has 0 aliphatic carbocycles. The number of rotatable bonds is 4. The fourth-order valence-electron chi connectivity index (χ4n) is 2.09. The van der Waals surface area contributed by atoms with E-state index >= 15 is 0 Å². The van der Waals surface area contributed by atoms with Gasteiger partial charge in [0.05, 0.1) is 5.69 Å². The van der Waals surface area contributed by atoms with E-state index in [9.17, 15) is 8.78 Å². The van der Waals surface area contributed by atoms with Gasteiger partial charge in [-0.05, 0) is 30.3 Å². The Labute approximate surface area is 132 Å². The molecule has 0 radical (unpaired) electrons. The molecule has 0 saturated heterocycles. The van der Waals surface area contributed by atoms with Gasteiger partial charge in [-0.3, -0.25) is 0 Å². The van der Waals surface area contributed by atoms with E-state index in [0.717, 1.165) is 11.8 Å². The average molecular weight is 312 g/mol. The van der Waals surface area contributed by atoms with E-state index in [1.807, 2.05) is 42.3 Å². The molecular formula is C17H14F2N4. The summed E-state index contributed by atoms with van der Waals surface area (Å²) >= 11 is 0. The molecule has 0 fully saturated rings. The number of para-hydroxylation sites is 1. The third-order valence-corrected chi connectivity index (χ3v) is 3.31. The van der Waals surface area contributed by atoms with Crippen LogP contribution in [0, 0.1) is 11.6 Å². The molecule has 1 N–H and O–H groups in total. The van der Waals surface area contributed by atoms with Crippen molar-refractivity contribution >= 4 is 23.1 Å². The predicted octanol–water partition coefficient (Wildman–Crippen LogP) is 4.27. The van der Waals surface area contributed by atoms with Crippen molar-refractivity contribution < 1.29 is 8.78 Å². The summed E-state index contributed by atoms with van der Waals surface area (Å²) in [6, 6.07) is 14.7. The van der Waals surface area contributed by atoms with Gasteiger partial charge in [0.2, 0.25) is 5.95 Å². The van der Waals surface area contributed by atoms with Gasteiger partial charge in [-0.1, -0.05) is 18.2 Å². The van der Waals surface area contributed by atoms with Crippen LogP contribution in [-0.4, -0.2) is 17.0 Å². The standard InChI is InChI=1S/C17H14F2N4/c1-23(13-5-3-2-4-6-13)16-9-10-20-17(22-16)21-15-8-7-12(18)11-14(15)19/h2-11H,1H3,(H,20,21,22). The number of hydrogen-bond acceptors (Lipinski definition) is 4. The number of nitrogens with zero attached hydrogens (tertiary/aromatic N) is 3. The number of halogens is 2. The third kappa shape index (κ3) is 3.42. The zero-order valence-electron chi connectivity index (χ0n) is 12.4. The Hall–Kier alpha value is -3.02. The highest BCUT2D eigenvalue weighted by molar-refractivity contribution is 5.61. The number of hydrogen-bond donors (Lipinski definition) is 1. The number of nitrogens with one attached hydrogen (secondary N) is 1. The Balaban J connectivity index is 1.85. The van der Waals surface area contributed by atoms with Crippen LogP contribution < -0.4 is 10.2 Å². The molecular weight excluding hydrogens is 298 g/mol. The fourth-order valence-corrected chi connectivity index (χ4v) is 2.09. The van der Waals surface area contributed by atoms with E-state index < -0.39 is 11.6 Å². The lowest BCUT2D eigenvalue weighted by Crippen LogP contribution is -2.12. The molecule has 1 heterocycles. The summed E-state index contributed by atoms with van der Waals surface area (Å²) in [6.45, 7) is 0. The summed E-state index contributed by atoms with van der Waals surface area (Å²) in [5.74, 6) is -0.450. The maximum atomic E-state index is 13.7. The van der Waals surface area contributed by atoms with Gasteiger partial charge in [-0.15, -0.1) is 0 Å². The Bertz CT molecular complexity index is 809. The molecule has 116 valence electrons. The van der Waals surface area contributed by atoms with Crippen molar-refractivity contribution in [2.75, 3.05) is 17.3 Å². The summed E-state index contributed by atoms with van der Waals surface area (Å²) in [5.41, 5.74) is 1.08. The molecule has 0 spiro atoms. The van der Waals surface area contributed by atoms with Crippen LogP contribution in [0.4, 0.5) is 31.9 Å². The molecule has 23 heavy (non-hydrogen) atoms. The monoisotopic (exact) mass is 312 g/mol. The number of aromatic nitrogens is 2. The van der Waals surface area contributed by atoms with Crippen molar-refractivity contribution in [3.8, 4) is 0 Å². The molecule has 0 bridgehead atoms. The van der Waals surface area contributed by atoms with E-state index in [4.69, 9.17) is 0 Å². The molecule has 0 atom stereocenters. The summed E-state index contributed by atoms with van der Waals surface area (Å²) in [4.78, 5) is 10.3. The Kier molecular flexibility index (Phi) is 4.14. The first-order valence-corrected chi connectivity index (χ1v) is 6.97. The van der Waals surface area contributed by atoms with E-state index in [1.165, 1.54) is 12.1 Å². The first-order chi connectivity index (χ1) is 11.1. The van der Waals surface area contributed by atoms with Crippen LogP contribution in [0.5, 0.6) is 0 Å². The molecule has 3 rings (SSSR count). The molecule has 0 amide bonds. The van der Waals surface area contributed by atoms with Gasteiger partial charge in [0.25, 0.3) is 0 Å². The molecule has 0 saturated carbocycles. The van der Waals surface area contributed by atoms with Crippen molar-refractivity contribution in [1.82, 2.24) is 9.97 Å². The summed E-state index contributed by atoms with van der Waals surface area (Å²) in [6.07, 6.45) is 1.57. The zero-order valence-corrected chi connectivity index (χ0v) is 12.4. The van der Waals surface area contributed by atoms with Crippen LogP contribution in [0.2, 0.25) is 0 Å². The third-order valence-electron chi connectivity index (χ3n) is 3.31. The van der Waals surface area contributed by atoms with Crippen molar-refractivity contribution in [3.05, 3.63) is 72.4 Å².